The van der Waals surface area contributed by atoms with Crippen LogP contribution >= 0.6 is 11.6 Å². The van der Waals surface area contributed by atoms with Crippen LogP contribution < -0.4 is 10.6 Å². The Labute approximate surface area is 137 Å². The molecular formula is C15H18ClF3N2O2. The number of carbonyl (C=O) groups excluding carboxylic acids is 2. The Morgan fingerprint density at radius 1 is 1.22 bits per heavy atom. The molecule has 0 radical (unpaired) electrons. The smallest absolute Gasteiger partial charge is 0.347 e. The first-order valence-corrected chi connectivity index (χ1v) is 7.51. The molecule has 0 spiro atoms. The van der Waals surface area contributed by atoms with Gasteiger partial charge in [0.25, 0.3) is 0 Å². The van der Waals surface area contributed by atoms with Gasteiger partial charge in [-0.2, -0.15) is 13.2 Å². The van der Waals surface area contributed by atoms with Gasteiger partial charge in [0, 0.05) is 11.6 Å². The van der Waals surface area contributed by atoms with Gasteiger partial charge in [-0.3, -0.25) is 9.59 Å². The standard InChI is InChI=1S/C15H18ClF3N2O2/c1-3-9(4-2)14(23)20-8-13(22)21-10-5-6-12(16)11(7-10)15(17,18)19/h5-7,9H,3-4,8H2,1-2H3,(H,20,23)(H,21,22). The molecule has 1 aromatic carbocycles. The summed E-state index contributed by atoms with van der Waals surface area (Å²) in [5.74, 6) is -1.05. The van der Waals surface area contributed by atoms with Crippen LogP contribution in [0.3, 0.4) is 0 Å². The zero-order valence-corrected chi connectivity index (χ0v) is 13.5. The first-order valence-electron chi connectivity index (χ1n) is 7.13. The zero-order chi connectivity index (χ0) is 17.6. The van der Waals surface area contributed by atoms with E-state index in [4.69, 9.17) is 11.6 Å². The second-order valence-electron chi connectivity index (χ2n) is 4.97. The number of alkyl halides is 3. The summed E-state index contributed by atoms with van der Waals surface area (Å²) in [6, 6.07) is 3.07. The molecule has 2 amide bonds. The molecule has 4 nitrogen and oxygen atoms in total. The Morgan fingerprint density at radius 3 is 2.35 bits per heavy atom. The molecule has 0 bridgehead atoms. The van der Waals surface area contributed by atoms with Gasteiger partial charge in [-0.05, 0) is 31.0 Å². The molecule has 23 heavy (non-hydrogen) atoms. The van der Waals surface area contributed by atoms with Crippen LogP contribution in [0.1, 0.15) is 32.3 Å². The Bertz CT molecular complexity index is 572. The SMILES string of the molecule is CCC(CC)C(=O)NCC(=O)Nc1ccc(Cl)c(C(F)(F)F)c1. The van der Waals surface area contributed by atoms with Crippen molar-refractivity contribution in [2.24, 2.45) is 5.92 Å². The summed E-state index contributed by atoms with van der Waals surface area (Å²) >= 11 is 5.50. The number of hydrogen-bond acceptors (Lipinski definition) is 2. The predicted octanol–water partition coefficient (Wildman–Crippen LogP) is 3.85. The van der Waals surface area contributed by atoms with E-state index in [0.29, 0.717) is 12.8 Å². The highest BCUT2D eigenvalue weighted by Gasteiger charge is 2.33. The molecular weight excluding hydrogens is 333 g/mol. The number of halogens is 4. The molecule has 0 aliphatic rings. The van der Waals surface area contributed by atoms with Gasteiger partial charge in [0.15, 0.2) is 0 Å². The fourth-order valence-electron chi connectivity index (χ4n) is 2.00. The van der Waals surface area contributed by atoms with Crippen LogP contribution in [0.5, 0.6) is 0 Å². The Hall–Kier alpha value is -1.76. The average Bonchev–Trinajstić information content (AvgIpc) is 2.47. The van der Waals surface area contributed by atoms with Gasteiger partial charge in [-0.25, -0.2) is 0 Å². The van der Waals surface area contributed by atoms with E-state index in [1.807, 2.05) is 13.8 Å². The lowest BCUT2D eigenvalue weighted by Crippen LogP contribution is -2.36. The maximum atomic E-state index is 12.7. The number of anilines is 1. The van der Waals surface area contributed by atoms with Gasteiger partial charge in [-0.15, -0.1) is 0 Å². The van der Waals surface area contributed by atoms with Crippen LogP contribution in [0, 0.1) is 5.92 Å². The molecule has 128 valence electrons. The van der Waals surface area contributed by atoms with E-state index in [1.165, 1.54) is 6.07 Å². The molecule has 0 unspecified atom stereocenters. The van der Waals surface area contributed by atoms with Gasteiger partial charge in [0.05, 0.1) is 17.1 Å². The summed E-state index contributed by atoms with van der Waals surface area (Å²) in [7, 11) is 0. The number of benzene rings is 1. The zero-order valence-electron chi connectivity index (χ0n) is 12.8. The third kappa shape index (κ3) is 5.74. The highest BCUT2D eigenvalue weighted by atomic mass is 35.5. The molecule has 2 N–H and O–H groups in total. The fourth-order valence-corrected chi connectivity index (χ4v) is 2.22. The van der Waals surface area contributed by atoms with Gasteiger partial charge in [-0.1, -0.05) is 25.4 Å². The van der Waals surface area contributed by atoms with Crippen LogP contribution in [-0.4, -0.2) is 18.4 Å². The highest BCUT2D eigenvalue weighted by molar-refractivity contribution is 6.31. The van der Waals surface area contributed by atoms with Gasteiger partial charge < -0.3 is 10.6 Å². The Balaban J connectivity index is 2.67. The van der Waals surface area contributed by atoms with Crippen molar-refractivity contribution in [2.75, 3.05) is 11.9 Å². The molecule has 0 aliphatic carbocycles. The summed E-state index contributed by atoms with van der Waals surface area (Å²) in [6.45, 7) is 3.42. The molecule has 0 fully saturated rings. The van der Waals surface area contributed by atoms with E-state index >= 15 is 0 Å². The first kappa shape index (κ1) is 19.3. The normalized spacial score (nSPS) is 11.4. The van der Waals surface area contributed by atoms with Gasteiger partial charge >= 0.3 is 6.18 Å². The van der Waals surface area contributed by atoms with Crippen molar-refractivity contribution in [1.82, 2.24) is 5.32 Å². The van der Waals surface area contributed by atoms with Crippen LogP contribution in [-0.2, 0) is 15.8 Å². The van der Waals surface area contributed by atoms with Crippen molar-refractivity contribution >= 4 is 29.1 Å². The number of carbonyl (C=O) groups is 2. The van der Waals surface area contributed by atoms with Crippen LogP contribution in [0.2, 0.25) is 5.02 Å². The fraction of sp³-hybridized carbons (Fsp3) is 0.467. The van der Waals surface area contributed by atoms with Crippen molar-refractivity contribution in [2.45, 2.75) is 32.9 Å². The van der Waals surface area contributed by atoms with Crippen molar-refractivity contribution < 1.29 is 22.8 Å². The summed E-state index contributed by atoms with van der Waals surface area (Å²) in [4.78, 5) is 23.5. The predicted molar refractivity (Wildman–Crippen MR) is 82.2 cm³/mol. The van der Waals surface area contributed by atoms with Gasteiger partial charge in [0.1, 0.15) is 0 Å². The lowest BCUT2D eigenvalue weighted by molar-refractivity contribution is -0.137. The second-order valence-corrected chi connectivity index (χ2v) is 5.38. The maximum absolute atomic E-state index is 12.7. The number of rotatable bonds is 6. The maximum Gasteiger partial charge on any atom is 0.417 e. The van der Waals surface area contributed by atoms with Crippen LogP contribution in [0.4, 0.5) is 18.9 Å². The molecule has 1 aromatic rings. The summed E-state index contributed by atoms with van der Waals surface area (Å²) in [6.07, 6.45) is -3.31. The Kier molecular flexibility index (Phi) is 6.87. The molecule has 0 saturated heterocycles. The van der Waals surface area contributed by atoms with Crippen molar-refractivity contribution in [3.8, 4) is 0 Å². The third-order valence-electron chi connectivity index (χ3n) is 3.34. The van der Waals surface area contributed by atoms with Crippen molar-refractivity contribution in [3.05, 3.63) is 28.8 Å². The summed E-state index contributed by atoms with van der Waals surface area (Å²) in [5.41, 5.74) is -1.07. The molecule has 8 heteroatoms. The lowest BCUT2D eigenvalue weighted by Gasteiger charge is -2.14. The van der Waals surface area contributed by atoms with E-state index in [1.54, 1.807) is 0 Å². The van der Waals surface area contributed by atoms with E-state index in [0.717, 1.165) is 12.1 Å². The largest absolute Gasteiger partial charge is 0.417 e. The molecule has 0 heterocycles. The lowest BCUT2D eigenvalue weighted by atomic mass is 10.0. The van der Waals surface area contributed by atoms with Crippen LogP contribution in [0.25, 0.3) is 0 Å². The van der Waals surface area contributed by atoms with Crippen molar-refractivity contribution in [1.29, 1.82) is 0 Å². The van der Waals surface area contributed by atoms with Crippen molar-refractivity contribution in [3.63, 3.8) is 0 Å². The molecule has 0 aromatic heterocycles. The summed E-state index contributed by atoms with van der Waals surface area (Å²) in [5, 5.41) is 4.31. The molecule has 0 atom stereocenters. The minimum Gasteiger partial charge on any atom is -0.347 e. The molecule has 1 rings (SSSR count). The van der Waals surface area contributed by atoms with E-state index in [-0.39, 0.29) is 24.1 Å². The monoisotopic (exact) mass is 350 g/mol. The number of hydrogen-bond donors (Lipinski definition) is 2. The van der Waals surface area contributed by atoms with Crippen LogP contribution in [0.15, 0.2) is 18.2 Å². The van der Waals surface area contributed by atoms with E-state index in [2.05, 4.69) is 10.6 Å². The quantitative estimate of drug-likeness (QED) is 0.818. The minimum absolute atomic E-state index is 0.0384. The number of amides is 2. The Morgan fingerprint density at radius 2 is 1.83 bits per heavy atom. The van der Waals surface area contributed by atoms with E-state index < -0.39 is 22.7 Å². The minimum atomic E-state index is -4.61. The van der Waals surface area contributed by atoms with E-state index in [9.17, 15) is 22.8 Å². The average molecular weight is 351 g/mol. The second kappa shape index (κ2) is 8.19. The molecule has 0 saturated carbocycles. The first-order chi connectivity index (χ1) is 10.7. The number of nitrogens with one attached hydrogen (secondary N) is 2. The molecule has 0 aliphatic heterocycles. The van der Waals surface area contributed by atoms with Gasteiger partial charge in [0.2, 0.25) is 11.8 Å². The summed E-state index contributed by atoms with van der Waals surface area (Å²) < 4.78 is 38.2. The highest BCUT2D eigenvalue weighted by Crippen LogP contribution is 2.36. The third-order valence-corrected chi connectivity index (χ3v) is 3.66. The topological polar surface area (TPSA) is 58.2 Å².